The molecule has 0 unspecified atom stereocenters. The maximum absolute atomic E-state index is 12.9. The highest BCUT2D eigenvalue weighted by atomic mass is 32.1. The average molecular weight is 418 g/mol. The molecule has 0 bridgehead atoms. The van der Waals surface area contributed by atoms with Crippen molar-refractivity contribution >= 4 is 29.1 Å². The molecule has 1 aliphatic rings. The first-order valence-electron chi connectivity index (χ1n) is 9.54. The number of likely N-dealkylation sites (N-methyl/N-ethyl adjacent to an activating group) is 1. The minimum atomic E-state index is -0.505. The van der Waals surface area contributed by atoms with Crippen LogP contribution < -0.4 is 5.32 Å². The Balaban J connectivity index is 1.44. The van der Waals surface area contributed by atoms with Gasteiger partial charge in [0, 0.05) is 18.0 Å². The number of hydrogen-bond acceptors (Lipinski definition) is 5. The van der Waals surface area contributed by atoms with Gasteiger partial charge in [0.1, 0.15) is 10.7 Å². The van der Waals surface area contributed by atoms with Gasteiger partial charge in [-0.05, 0) is 55.5 Å². The lowest BCUT2D eigenvalue weighted by molar-refractivity contribution is -0.138. The largest absolute Gasteiger partial charge is 0.451 e. The van der Waals surface area contributed by atoms with E-state index < -0.39 is 18.5 Å². The van der Waals surface area contributed by atoms with Crippen molar-refractivity contribution in [2.75, 3.05) is 19.7 Å². The van der Waals surface area contributed by atoms with E-state index in [2.05, 4.69) is 5.32 Å². The number of nitrogens with one attached hydrogen (secondary N) is 1. The number of amides is 2. The Morgan fingerprint density at radius 3 is 2.66 bits per heavy atom. The maximum atomic E-state index is 12.9. The number of thiophene rings is 1. The molecule has 1 aliphatic carbocycles. The monoisotopic (exact) mass is 418 g/mol. The summed E-state index contributed by atoms with van der Waals surface area (Å²) in [6, 6.07) is 7.65. The van der Waals surface area contributed by atoms with Gasteiger partial charge in [-0.25, -0.2) is 9.18 Å². The zero-order valence-electron chi connectivity index (χ0n) is 16.2. The van der Waals surface area contributed by atoms with Gasteiger partial charge in [0.15, 0.2) is 6.61 Å². The number of benzene rings is 1. The molecule has 0 spiro atoms. The van der Waals surface area contributed by atoms with Gasteiger partial charge in [-0.2, -0.15) is 0 Å². The molecule has 1 aromatic carbocycles. The van der Waals surface area contributed by atoms with Crippen LogP contribution in [0, 0.1) is 5.82 Å². The molecule has 0 atom stereocenters. The lowest BCUT2D eigenvalue weighted by Gasteiger charge is -2.20. The van der Waals surface area contributed by atoms with Crippen LogP contribution in [0.4, 0.5) is 4.39 Å². The number of carbonyl (C=O) groups excluding carboxylic acids is 3. The number of hydrogen-bond donors (Lipinski definition) is 1. The van der Waals surface area contributed by atoms with E-state index in [1.807, 2.05) is 6.07 Å². The van der Waals surface area contributed by atoms with Gasteiger partial charge in [0.2, 0.25) is 5.91 Å². The number of rotatable bonds is 8. The molecule has 3 rings (SSSR count). The molecule has 6 nitrogen and oxygen atoms in total. The predicted molar refractivity (Wildman–Crippen MR) is 107 cm³/mol. The summed E-state index contributed by atoms with van der Waals surface area (Å²) >= 11 is 1.42. The third-order valence-corrected chi connectivity index (χ3v) is 5.96. The molecule has 1 aromatic heterocycles. The van der Waals surface area contributed by atoms with Crippen LogP contribution in [-0.4, -0.2) is 42.4 Å². The Hall–Kier alpha value is -2.74. The highest BCUT2D eigenvalue weighted by Crippen LogP contribution is 2.30. The van der Waals surface area contributed by atoms with E-state index in [9.17, 15) is 18.8 Å². The van der Waals surface area contributed by atoms with Crippen molar-refractivity contribution in [2.45, 2.75) is 32.7 Å². The summed E-state index contributed by atoms with van der Waals surface area (Å²) in [6.45, 7) is 1.76. The first-order valence-corrected chi connectivity index (χ1v) is 10.4. The second-order valence-corrected chi connectivity index (χ2v) is 7.94. The van der Waals surface area contributed by atoms with Gasteiger partial charge < -0.3 is 15.0 Å². The average Bonchev–Trinajstić information content (AvgIpc) is 3.32. The number of esters is 1. The molecular formula is C21H23FN2O4S. The first-order chi connectivity index (χ1) is 14.0. The van der Waals surface area contributed by atoms with Gasteiger partial charge in [0.25, 0.3) is 5.91 Å². The smallest absolute Gasteiger partial charge is 0.348 e. The standard InChI is InChI=1S/C21H23FN2O4S/c1-2-24(12-19(25)23-11-14-6-8-16(22)9-7-14)20(26)13-28-21(27)18-10-15-4-3-5-17(15)29-18/h6-10H,2-5,11-13H2,1H3,(H,23,25). The SMILES string of the molecule is CCN(CC(=O)NCc1ccc(F)cc1)C(=O)COC(=O)c1cc2c(s1)CCC2. The predicted octanol–water partition coefficient (Wildman–Crippen LogP) is 2.70. The molecule has 29 heavy (non-hydrogen) atoms. The second kappa shape index (κ2) is 9.65. The molecule has 0 saturated heterocycles. The minimum Gasteiger partial charge on any atom is -0.451 e. The fraction of sp³-hybridized carbons (Fsp3) is 0.381. The molecule has 8 heteroatoms. The molecule has 2 amide bonds. The van der Waals surface area contributed by atoms with Crippen LogP contribution in [-0.2, 0) is 33.7 Å². The molecule has 0 saturated carbocycles. The Morgan fingerprint density at radius 2 is 1.97 bits per heavy atom. The lowest BCUT2D eigenvalue weighted by atomic mass is 10.2. The van der Waals surface area contributed by atoms with Crippen molar-refractivity contribution in [1.82, 2.24) is 10.2 Å². The van der Waals surface area contributed by atoms with Crippen LogP contribution in [0.2, 0.25) is 0 Å². The van der Waals surface area contributed by atoms with E-state index >= 15 is 0 Å². The number of nitrogens with zero attached hydrogens (tertiary/aromatic N) is 1. The molecule has 0 fully saturated rings. The van der Waals surface area contributed by atoms with Crippen molar-refractivity contribution in [1.29, 1.82) is 0 Å². The normalized spacial score (nSPS) is 12.3. The van der Waals surface area contributed by atoms with Crippen LogP contribution in [0.25, 0.3) is 0 Å². The molecule has 2 aromatic rings. The quantitative estimate of drug-likeness (QED) is 0.669. The third kappa shape index (κ3) is 5.63. The van der Waals surface area contributed by atoms with E-state index in [1.54, 1.807) is 19.1 Å². The molecule has 154 valence electrons. The Kier molecular flexibility index (Phi) is 6.98. The summed E-state index contributed by atoms with van der Waals surface area (Å²) < 4.78 is 18.0. The van der Waals surface area contributed by atoms with Crippen LogP contribution >= 0.6 is 11.3 Å². The summed E-state index contributed by atoms with van der Waals surface area (Å²) in [5.41, 5.74) is 1.95. The molecular weight excluding hydrogens is 395 g/mol. The highest BCUT2D eigenvalue weighted by Gasteiger charge is 2.21. The van der Waals surface area contributed by atoms with Gasteiger partial charge in [-0.1, -0.05) is 12.1 Å². The van der Waals surface area contributed by atoms with Crippen molar-refractivity contribution < 1.29 is 23.5 Å². The van der Waals surface area contributed by atoms with E-state index in [4.69, 9.17) is 4.74 Å². The Bertz CT molecular complexity index is 873. The fourth-order valence-electron chi connectivity index (χ4n) is 3.13. The Morgan fingerprint density at radius 1 is 1.21 bits per heavy atom. The summed E-state index contributed by atoms with van der Waals surface area (Å²) in [6.07, 6.45) is 3.08. The molecule has 0 radical (unpaired) electrons. The summed E-state index contributed by atoms with van der Waals surface area (Å²) in [5, 5.41) is 2.69. The number of fused-ring (bicyclic) bond motifs is 1. The minimum absolute atomic E-state index is 0.138. The fourth-order valence-corrected chi connectivity index (χ4v) is 4.28. The van der Waals surface area contributed by atoms with Gasteiger partial charge in [0.05, 0.1) is 6.54 Å². The second-order valence-electron chi connectivity index (χ2n) is 6.80. The van der Waals surface area contributed by atoms with Crippen LogP contribution in [0.5, 0.6) is 0 Å². The maximum Gasteiger partial charge on any atom is 0.348 e. The van der Waals surface area contributed by atoms with E-state index in [0.717, 1.165) is 24.8 Å². The van der Waals surface area contributed by atoms with Gasteiger partial charge in [-0.15, -0.1) is 11.3 Å². The summed E-state index contributed by atoms with van der Waals surface area (Å²) in [4.78, 5) is 39.7. The highest BCUT2D eigenvalue weighted by molar-refractivity contribution is 7.14. The zero-order valence-corrected chi connectivity index (χ0v) is 17.0. The molecule has 1 heterocycles. The third-order valence-electron chi connectivity index (χ3n) is 4.75. The van der Waals surface area contributed by atoms with Crippen molar-refractivity contribution in [3.63, 3.8) is 0 Å². The Labute approximate surface area is 172 Å². The van der Waals surface area contributed by atoms with Crippen LogP contribution in [0.3, 0.4) is 0 Å². The van der Waals surface area contributed by atoms with Gasteiger partial charge in [-0.3, -0.25) is 9.59 Å². The van der Waals surface area contributed by atoms with E-state index in [-0.39, 0.29) is 24.8 Å². The number of aryl methyl sites for hydroxylation is 2. The topological polar surface area (TPSA) is 75.7 Å². The first kappa shape index (κ1) is 21.0. The van der Waals surface area contributed by atoms with Crippen LogP contribution in [0.15, 0.2) is 30.3 Å². The number of carbonyl (C=O) groups is 3. The number of ether oxygens (including phenoxy) is 1. The van der Waals surface area contributed by atoms with Crippen LogP contribution in [0.1, 0.15) is 39.0 Å². The van der Waals surface area contributed by atoms with Gasteiger partial charge >= 0.3 is 5.97 Å². The van der Waals surface area contributed by atoms with E-state index in [1.165, 1.54) is 38.8 Å². The molecule has 1 N–H and O–H groups in total. The van der Waals surface area contributed by atoms with E-state index in [0.29, 0.717) is 11.4 Å². The lowest BCUT2D eigenvalue weighted by Crippen LogP contribution is -2.42. The number of halogens is 1. The summed E-state index contributed by atoms with van der Waals surface area (Å²) in [7, 11) is 0. The zero-order chi connectivity index (χ0) is 20.8. The summed E-state index contributed by atoms with van der Waals surface area (Å²) in [5.74, 6) is -1.62. The van der Waals surface area contributed by atoms with Crippen molar-refractivity contribution in [3.05, 3.63) is 57.0 Å². The molecule has 0 aliphatic heterocycles. The van der Waals surface area contributed by atoms with Crippen molar-refractivity contribution in [2.24, 2.45) is 0 Å². The van der Waals surface area contributed by atoms with Crippen molar-refractivity contribution in [3.8, 4) is 0 Å².